The summed E-state index contributed by atoms with van der Waals surface area (Å²) >= 11 is 0. The van der Waals surface area contributed by atoms with Gasteiger partial charge in [0.15, 0.2) is 0 Å². The fourth-order valence-corrected chi connectivity index (χ4v) is 3.70. The Morgan fingerprint density at radius 1 is 1.10 bits per heavy atom. The van der Waals surface area contributed by atoms with Crippen molar-refractivity contribution in [1.29, 1.82) is 0 Å². The third-order valence-corrected chi connectivity index (χ3v) is 5.52. The lowest BCUT2D eigenvalue weighted by molar-refractivity contribution is -0.137. The number of aromatic nitrogens is 7. The Balaban J connectivity index is 1.39. The standard InChI is InChI=1S/C18H20F3N9/c1-22-16-13(18(19,20)21)8-23-17(27-16)26-14-9-29(11-2-3-11)28-15(14)10-6-12(7-10)30-24-4-5-25-30/h4-5,8-12H,2-3,6-7H2,1H3,(H2,22,23,26,27)/t10-,12-. The maximum Gasteiger partial charge on any atom is 0.421 e. The quantitative estimate of drug-likeness (QED) is 0.631. The zero-order chi connectivity index (χ0) is 20.9. The summed E-state index contributed by atoms with van der Waals surface area (Å²) in [7, 11) is 1.40. The number of anilines is 3. The van der Waals surface area contributed by atoms with E-state index in [2.05, 4.69) is 30.8 Å². The van der Waals surface area contributed by atoms with Crippen LogP contribution in [-0.4, -0.2) is 41.8 Å². The second kappa shape index (κ2) is 6.96. The minimum absolute atomic E-state index is 0.0913. The van der Waals surface area contributed by atoms with Crippen LogP contribution in [0.4, 0.5) is 30.6 Å². The highest BCUT2D eigenvalue weighted by Gasteiger charge is 2.38. The monoisotopic (exact) mass is 419 g/mol. The Hall–Kier alpha value is -3.18. The molecule has 0 saturated heterocycles. The highest BCUT2D eigenvalue weighted by molar-refractivity contribution is 5.59. The molecule has 2 N–H and O–H groups in total. The van der Waals surface area contributed by atoms with Crippen LogP contribution in [0.15, 0.2) is 24.8 Å². The van der Waals surface area contributed by atoms with Crippen LogP contribution in [0.25, 0.3) is 0 Å². The van der Waals surface area contributed by atoms with E-state index < -0.39 is 11.7 Å². The summed E-state index contributed by atoms with van der Waals surface area (Å²) in [5.74, 6) is 0.0277. The van der Waals surface area contributed by atoms with Gasteiger partial charge in [-0.15, -0.1) is 0 Å². The molecule has 0 aromatic carbocycles. The molecule has 2 aliphatic carbocycles. The third-order valence-electron chi connectivity index (χ3n) is 5.52. The molecule has 0 spiro atoms. The van der Waals surface area contributed by atoms with Crippen LogP contribution in [0.2, 0.25) is 0 Å². The summed E-state index contributed by atoms with van der Waals surface area (Å²) in [5.41, 5.74) is 0.693. The number of hydrogen-bond acceptors (Lipinski definition) is 7. The van der Waals surface area contributed by atoms with Crippen LogP contribution < -0.4 is 10.6 Å². The molecule has 0 amide bonds. The average Bonchev–Trinajstić information content (AvgIpc) is 3.24. The Morgan fingerprint density at radius 3 is 2.47 bits per heavy atom. The third kappa shape index (κ3) is 3.46. The van der Waals surface area contributed by atoms with E-state index in [1.54, 1.807) is 17.2 Å². The van der Waals surface area contributed by atoms with Gasteiger partial charge in [-0.2, -0.15) is 38.2 Å². The van der Waals surface area contributed by atoms with Crippen LogP contribution in [0, 0.1) is 0 Å². The average molecular weight is 419 g/mol. The molecule has 0 unspecified atom stereocenters. The first-order valence-electron chi connectivity index (χ1n) is 9.76. The van der Waals surface area contributed by atoms with Crippen molar-refractivity contribution >= 4 is 17.5 Å². The van der Waals surface area contributed by atoms with Gasteiger partial charge in [0.05, 0.1) is 35.9 Å². The summed E-state index contributed by atoms with van der Waals surface area (Å²) in [4.78, 5) is 9.59. The number of nitrogens with zero attached hydrogens (tertiary/aromatic N) is 7. The van der Waals surface area contributed by atoms with Crippen LogP contribution in [-0.2, 0) is 6.18 Å². The lowest BCUT2D eigenvalue weighted by atomic mass is 9.78. The van der Waals surface area contributed by atoms with Crippen LogP contribution in [0.3, 0.4) is 0 Å². The van der Waals surface area contributed by atoms with E-state index in [-0.39, 0.29) is 23.7 Å². The Bertz CT molecular complexity index is 1030. The Morgan fingerprint density at radius 2 is 1.83 bits per heavy atom. The molecule has 0 radical (unpaired) electrons. The molecule has 0 bridgehead atoms. The van der Waals surface area contributed by atoms with E-state index >= 15 is 0 Å². The molecule has 0 aliphatic heterocycles. The number of nitrogens with one attached hydrogen (secondary N) is 2. The molecule has 5 rings (SSSR count). The summed E-state index contributed by atoms with van der Waals surface area (Å²) in [5, 5.41) is 18.7. The maximum atomic E-state index is 13.1. The molecule has 3 aromatic heterocycles. The van der Waals surface area contributed by atoms with Crippen LogP contribution in [0.5, 0.6) is 0 Å². The molecule has 9 nitrogen and oxygen atoms in total. The van der Waals surface area contributed by atoms with Gasteiger partial charge < -0.3 is 10.6 Å². The van der Waals surface area contributed by atoms with Gasteiger partial charge in [0.1, 0.15) is 11.4 Å². The van der Waals surface area contributed by atoms with Gasteiger partial charge in [0.25, 0.3) is 0 Å². The van der Waals surface area contributed by atoms with Crippen molar-refractivity contribution in [2.75, 3.05) is 17.7 Å². The van der Waals surface area contributed by atoms with Crippen molar-refractivity contribution in [1.82, 2.24) is 34.7 Å². The van der Waals surface area contributed by atoms with Gasteiger partial charge in [0, 0.05) is 25.4 Å². The fraction of sp³-hybridized carbons (Fsp3) is 0.500. The lowest BCUT2D eigenvalue weighted by Gasteiger charge is -2.33. The molecule has 3 aromatic rings. The van der Waals surface area contributed by atoms with E-state index in [0.29, 0.717) is 6.04 Å². The van der Waals surface area contributed by atoms with Crippen molar-refractivity contribution in [3.63, 3.8) is 0 Å². The Kier molecular flexibility index (Phi) is 4.36. The molecule has 2 saturated carbocycles. The molecule has 2 fully saturated rings. The van der Waals surface area contributed by atoms with Gasteiger partial charge >= 0.3 is 6.18 Å². The van der Waals surface area contributed by atoms with E-state index in [9.17, 15) is 13.2 Å². The molecule has 3 heterocycles. The lowest BCUT2D eigenvalue weighted by Crippen LogP contribution is -2.27. The molecular formula is C18H20F3N9. The number of alkyl halides is 3. The molecule has 2 aliphatic rings. The predicted octanol–water partition coefficient (Wildman–Crippen LogP) is 3.52. The van der Waals surface area contributed by atoms with Gasteiger partial charge in [-0.25, -0.2) is 4.98 Å². The normalized spacial score (nSPS) is 21.3. The zero-order valence-corrected chi connectivity index (χ0v) is 16.1. The molecular weight excluding hydrogens is 399 g/mol. The largest absolute Gasteiger partial charge is 0.421 e. The summed E-state index contributed by atoms with van der Waals surface area (Å²) < 4.78 is 41.2. The topological polar surface area (TPSA) is 98.4 Å². The van der Waals surface area contributed by atoms with E-state index in [1.807, 2.05) is 10.9 Å². The summed E-state index contributed by atoms with van der Waals surface area (Å²) in [6.45, 7) is 0. The smallest absolute Gasteiger partial charge is 0.372 e. The zero-order valence-electron chi connectivity index (χ0n) is 16.1. The van der Waals surface area contributed by atoms with Crippen molar-refractivity contribution in [2.45, 2.75) is 49.9 Å². The maximum absolute atomic E-state index is 13.1. The first-order valence-corrected chi connectivity index (χ1v) is 9.76. The van der Waals surface area contributed by atoms with Crippen LogP contribution in [0.1, 0.15) is 54.9 Å². The van der Waals surface area contributed by atoms with E-state index in [4.69, 9.17) is 5.10 Å². The number of halogens is 3. The predicted molar refractivity (Wildman–Crippen MR) is 101 cm³/mol. The second-order valence-corrected chi connectivity index (χ2v) is 7.64. The first-order chi connectivity index (χ1) is 14.4. The van der Waals surface area contributed by atoms with Crippen molar-refractivity contribution < 1.29 is 13.2 Å². The molecule has 0 atom stereocenters. The van der Waals surface area contributed by atoms with Gasteiger partial charge in [-0.3, -0.25) is 4.68 Å². The molecule has 12 heteroatoms. The fourth-order valence-electron chi connectivity index (χ4n) is 3.70. The summed E-state index contributed by atoms with van der Waals surface area (Å²) in [6, 6.07) is 0.603. The number of hydrogen-bond donors (Lipinski definition) is 2. The van der Waals surface area contributed by atoms with E-state index in [0.717, 1.165) is 43.3 Å². The highest BCUT2D eigenvalue weighted by atomic mass is 19.4. The van der Waals surface area contributed by atoms with Crippen molar-refractivity contribution in [3.05, 3.63) is 36.0 Å². The molecule has 30 heavy (non-hydrogen) atoms. The highest BCUT2D eigenvalue weighted by Crippen LogP contribution is 2.47. The van der Waals surface area contributed by atoms with Crippen LogP contribution >= 0.6 is 0 Å². The van der Waals surface area contributed by atoms with Gasteiger partial charge in [0.2, 0.25) is 5.95 Å². The van der Waals surface area contributed by atoms with Crippen molar-refractivity contribution in [2.24, 2.45) is 0 Å². The van der Waals surface area contributed by atoms with Crippen molar-refractivity contribution in [3.8, 4) is 0 Å². The minimum Gasteiger partial charge on any atom is -0.372 e. The summed E-state index contributed by atoms with van der Waals surface area (Å²) in [6.07, 6.45) is 5.31. The van der Waals surface area contributed by atoms with Gasteiger partial charge in [-0.1, -0.05) is 0 Å². The SMILES string of the molecule is CNc1nc(Nc2cn(C3CC3)nc2[C@H]2C[C@H](n3nccn3)C2)ncc1C(F)(F)F. The van der Waals surface area contributed by atoms with Gasteiger partial charge in [-0.05, 0) is 25.7 Å². The minimum atomic E-state index is -4.53. The Labute approximate surface area is 169 Å². The van der Waals surface area contributed by atoms with E-state index in [1.165, 1.54) is 7.05 Å². The second-order valence-electron chi connectivity index (χ2n) is 7.64. The first kappa shape index (κ1) is 18.8. The number of rotatable bonds is 6. The molecule has 158 valence electrons.